The van der Waals surface area contributed by atoms with Crippen molar-refractivity contribution >= 4 is 27.3 Å². The standard InChI is InChI=1S/C13H14BrNS/c1-9(2)13-15-12(8-16-13)11-5-3-10(7-14)4-6-11/h3-6,8-9H,7H2,1-2H3. The monoisotopic (exact) mass is 295 g/mol. The van der Waals surface area contributed by atoms with Gasteiger partial charge in [-0.1, -0.05) is 54.0 Å². The summed E-state index contributed by atoms with van der Waals surface area (Å²) in [6, 6.07) is 8.54. The van der Waals surface area contributed by atoms with Crippen molar-refractivity contribution in [1.82, 2.24) is 4.98 Å². The Hall–Kier alpha value is -0.670. The van der Waals surface area contributed by atoms with Crippen LogP contribution in [0.2, 0.25) is 0 Å². The highest BCUT2D eigenvalue weighted by Crippen LogP contribution is 2.26. The minimum absolute atomic E-state index is 0.514. The number of hydrogen-bond acceptors (Lipinski definition) is 2. The fraction of sp³-hybridized carbons (Fsp3) is 0.308. The van der Waals surface area contributed by atoms with E-state index in [1.54, 1.807) is 11.3 Å². The largest absolute Gasteiger partial charge is 0.241 e. The number of nitrogens with zero attached hydrogens (tertiary/aromatic N) is 1. The molecule has 1 nitrogen and oxygen atoms in total. The van der Waals surface area contributed by atoms with E-state index in [1.807, 2.05) is 0 Å². The molecule has 0 N–H and O–H groups in total. The van der Waals surface area contributed by atoms with Gasteiger partial charge in [0, 0.05) is 22.2 Å². The first-order valence-corrected chi connectivity index (χ1v) is 7.31. The van der Waals surface area contributed by atoms with Gasteiger partial charge < -0.3 is 0 Å². The number of hydrogen-bond donors (Lipinski definition) is 0. The number of thiazole rings is 1. The number of halogens is 1. The molecule has 0 saturated heterocycles. The lowest BCUT2D eigenvalue weighted by molar-refractivity contribution is 0.853. The molecule has 0 aliphatic rings. The smallest absolute Gasteiger partial charge is 0.0958 e. The van der Waals surface area contributed by atoms with Gasteiger partial charge in [-0.25, -0.2) is 4.98 Å². The molecule has 0 saturated carbocycles. The van der Waals surface area contributed by atoms with E-state index in [0.717, 1.165) is 11.0 Å². The molecule has 1 heterocycles. The maximum Gasteiger partial charge on any atom is 0.0958 e. The van der Waals surface area contributed by atoms with Crippen LogP contribution in [0, 0.1) is 0 Å². The van der Waals surface area contributed by atoms with Crippen LogP contribution in [0.15, 0.2) is 29.6 Å². The van der Waals surface area contributed by atoms with E-state index in [4.69, 9.17) is 0 Å². The Morgan fingerprint density at radius 3 is 2.44 bits per heavy atom. The summed E-state index contributed by atoms with van der Waals surface area (Å²) in [5.41, 5.74) is 3.59. The van der Waals surface area contributed by atoms with Crippen LogP contribution in [-0.4, -0.2) is 4.98 Å². The Morgan fingerprint density at radius 2 is 1.94 bits per heavy atom. The third kappa shape index (κ3) is 2.53. The molecule has 0 unspecified atom stereocenters. The first kappa shape index (κ1) is 11.8. The van der Waals surface area contributed by atoms with Crippen molar-refractivity contribution in [1.29, 1.82) is 0 Å². The third-order valence-electron chi connectivity index (χ3n) is 2.42. The SMILES string of the molecule is CC(C)c1nc(-c2ccc(CBr)cc2)cs1. The van der Waals surface area contributed by atoms with Gasteiger partial charge in [-0.05, 0) is 5.56 Å². The number of aromatic nitrogens is 1. The van der Waals surface area contributed by atoms with E-state index in [2.05, 4.69) is 64.4 Å². The Morgan fingerprint density at radius 1 is 1.25 bits per heavy atom. The summed E-state index contributed by atoms with van der Waals surface area (Å²) in [6.45, 7) is 4.35. The number of benzene rings is 1. The van der Waals surface area contributed by atoms with Crippen LogP contribution in [0.4, 0.5) is 0 Å². The second kappa shape index (κ2) is 5.11. The van der Waals surface area contributed by atoms with Gasteiger partial charge in [0.2, 0.25) is 0 Å². The summed E-state index contributed by atoms with van der Waals surface area (Å²) in [4.78, 5) is 4.64. The summed E-state index contributed by atoms with van der Waals surface area (Å²) in [6.07, 6.45) is 0. The zero-order chi connectivity index (χ0) is 11.5. The lowest BCUT2D eigenvalue weighted by atomic mass is 10.1. The quantitative estimate of drug-likeness (QED) is 0.739. The van der Waals surface area contributed by atoms with Crippen LogP contribution in [0.5, 0.6) is 0 Å². The maximum absolute atomic E-state index is 4.64. The summed E-state index contributed by atoms with van der Waals surface area (Å²) >= 11 is 5.19. The topological polar surface area (TPSA) is 12.9 Å². The van der Waals surface area contributed by atoms with Gasteiger partial charge >= 0.3 is 0 Å². The van der Waals surface area contributed by atoms with Gasteiger partial charge in [-0.15, -0.1) is 11.3 Å². The molecule has 0 fully saturated rings. The van der Waals surface area contributed by atoms with Crippen molar-refractivity contribution in [2.75, 3.05) is 0 Å². The van der Waals surface area contributed by atoms with E-state index < -0.39 is 0 Å². The zero-order valence-electron chi connectivity index (χ0n) is 9.40. The van der Waals surface area contributed by atoms with Crippen molar-refractivity contribution in [2.45, 2.75) is 25.1 Å². The molecule has 84 valence electrons. The molecule has 0 spiro atoms. The fourth-order valence-electron chi connectivity index (χ4n) is 1.45. The van der Waals surface area contributed by atoms with Gasteiger partial charge in [-0.3, -0.25) is 0 Å². The third-order valence-corrected chi connectivity index (χ3v) is 4.21. The van der Waals surface area contributed by atoms with E-state index in [1.165, 1.54) is 16.1 Å². The van der Waals surface area contributed by atoms with Gasteiger partial charge in [0.1, 0.15) is 0 Å². The van der Waals surface area contributed by atoms with E-state index in [-0.39, 0.29) is 0 Å². The van der Waals surface area contributed by atoms with Crippen molar-refractivity contribution in [2.24, 2.45) is 0 Å². The highest BCUT2D eigenvalue weighted by Gasteiger charge is 2.07. The molecule has 0 aliphatic heterocycles. The Kier molecular flexibility index (Phi) is 3.77. The van der Waals surface area contributed by atoms with Gasteiger partial charge in [0.15, 0.2) is 0 Å². The second-order valence-electron chi connectivity index (χ2n) is 4.06. The molecule has 1 aromatic heterocycles. The molecular weight excluding hydrogens is 282 g/mol. The van der Waals surface area contributed by atoms with Crippen LogP contribution >= 0.6 is 27.3 Å². The highest BCUT2D eigenvalue weighted by molar-refractivity contribution is 9.08. The van der Waals surface area contributed by atoms with E-state index >= 15 is 0 Å². The zero-order valence-corrected chi connectivity index (χ0v) is 11.8. The molecule has 0 aliphatic carbocycles. The fourth-order valence-corrected chi connectivity index (χ4v) is 2.67. The number of alkyl halides is 1. The first-order chi connectivity index (χ1) is 7.70. The van der Waals surface area contributed by atoms with Crippen LogP contribution in [0.3, 0.4) is 0 Å². The lowest BCUT2D eigenvalue weighted by Gasteiger charge is -1.99. The average molecular weight is 296 g/mol. The normalized spacial score (nSPS) is 11.0. The molecule has 1 aromatic carbocycles. The summed E-state index contributed by atoms with van der Waals surface area (Å²) < 4.78 is 0. The van der Waals surface area contributed by atoms with Crippen LogP contribution in [0.1, 0.15) is 30.3 Å². The maximum atomic E-state index is 4.64. The molecular formula is C13H14BrNS. The Labute approximate surface area is 109 Å². The van der Waals surface area contributed by atoms with Crippen LogP contribution in [0.25, 0.3) is 11.3 Å². The van der Waals surface area contributed by atoms with Gasteiger partial charge in [0.05, 0.1) is 10.7 Å². The summed E-state index contributed by atoms with van der Waals surface area (Å²) in [5, 5.41) is 4.25. The molecule has 0 bridgehead atoms. The lowest BCUT2D eigenvalue weighted by Crippen LogP contribution is -1.86. The molecule has 3 heteroatoms. The van der Waals surface area contributed by atoms with Crippen molar-refractivity contribution in [3.05, 3.63) is 40.2 Å². The summed E-state index contributed by atoms with van der Waals surface area (Å²) in [5.74, 6) is 0.514. The molecule has 2 aromatic rings. The molecule has 0 amide bonds. The predicted octanol–water partition coefficient (Wildman–Crippen LogP) is 4.83. The summed E-state index contributed by atoms with van der Waals surface area (Å²) in [7, 11) is 0. The van der Waals surface area contributed by atoms with Gasteiger partial charge in [0.25, 0.3) is 0 Å². The van der Waals surface area contributed by atoms with Gasteiger partial charge in [-0.2, -0.15) is 0 Å². The number of rotatable bonds is 3. The average Bonchev–Trinajstić information content (AvgIpc) is 2.78. The van der Waals surface area contributed by atoms with Crippen molar-refractivity contribution in [3.63, 3.8) is 0 Å². The van der Waals surface area contributed by atoms with Crippen LogP contribution in [-0.2, 0) is 5.33 Å². The molecule has 2 rings (SSSR count). The highest BCUT2D eigenvalue weighted by atomic mass is 79.9. The Bertz CT molecular complexity index is 459. The predicted molar refractivity (Wildman–Crippen MR) is 74.3 cm³/mol. The van der Waals surface area contributed by atoms with Crippen LogP contribution < -0.4 is 0 Å². The Balaban J connectivity index is 2.28. The second-order valence-corrected chi connectivity index (χ2v) is 5.51. The minimum atomic E-state index is 0.514. The molecule has 0 atom stereocenters. The molecule has 0 radical (unpaired) electrons. The minimum Gasteiger partial charge on any atom is -0.241 e. The van der Waals surface area contributed by atoms with E-state index in [9.17, 15) is 0 Å². The molecule has 16 heavy (non-hydrogen) atoms. The van der Waals surface area contributed by atoms with Crippen molar-refractivity contribution in [3.8, 4) is 11.3 Å². The van der Waals surface area contributed by atoms with E-state index in [0.29, 0.717) is 5.92 Å². The van der Waals surface area contributed by atoms with Crippen molar-refractivity contribution < 1.29 is 0 Å². The first-order valence-electron chi connectivity index (χ1n) is 5.31.